The highest BCUT2D eigenvalue weighted by Gasteiger charge is 2.10. The summed E-state index contributed by atoms with van der Waals surface area (Å²) in [4.78, 5) is 17.5. The van der Waals surface area contributed by atoms with E-state index in [0.29, 0.717) is 19.5 Å². The number of hydrogen-bond donors (Lipinski definition) is 1. The Hall–Kier alpha value is -1.42. The van der Waals surface area contributed by atoms with Crippen molar-refractivity contribution in [2.24, 2.45) is 5.73 Å². The summed E-state index contributed by atoms with van der Waals surface area (Å²) in [5.41, 5.74) is 7.27. The maximum atomic E-state index is 11.7. The Morgan fingerprint density at radius 3 is 2.93 bits per heavy atom. The molecule has 82 valence electrons. The first-order valence-corrected chi connectivity index (χ1v) is 4.99. The van der Waals surface area contributed by atoms with Gasteiger partial charge in [-0.1, -0.05) is 6.07 Å². The molecule has 1 rings (SSSR count). The molecular weight excluding hydrogens is 190 g/mol. The zero-order valence-corrected chi connectivity index (χ0v) is 9.23. The van der Waals surface area contributed by atoms with Crippen LogP contribution in [0.1, 0.15) is 11.3 Å². The largest absolute Gasteiger partial charge is 0.344 e. The Kier molecular flexibility index (Phi) is 4.24. The highest BCUT2D eigenvalue weighted by molar-refractivity contribution is 5.78. The van der Waals surface area contributed by atoms with Gasteiger partial charge in [0.15, 0.2) is 0 Å². The number of carbonyl (C=O) groups is 1. The van der Waals surface area contributed by atoms with Crippen molar-refractivity contribution < 1.29 is 4.79 Å². The van der Waals surface area contributed by atoms with E-state index >= 15 is 0 Å². The minimum absolute atomic E-state index is 0.0576. The van der Waals surface area contributed by atoms with Crippen LogP contribution in [0.5, 0.6) is 0 Å². The number of hydrogen-bond acceptors (Lipinski definition) is 3. The number of amides is 1. The van der Waals surface area contributed by atoms with Crippen LogP contribution in [0.3, 0.4) is 0 Å². The molecule has 0 aliphatic carbocycles. The van der Waals surface area contributed by atoms with E-state index in [1.807, 2.05) is 19.1 Å². The maximum Gasteiger partial charge on any atom is 0.228 e. The summed E-state index contributed by atoms with van der Waals surface area (Å²) in [5, 5.41) is 0. The third-order valence-corrected chi connectivity index (χ3v) is 2.33. The van der Waals surface area contributed by atoms with Gasteiger partial charge in [0.25, 0.3) is 0 Å². The molecule has 1 aromatic rings. The third kappa shape index (κ3) is 3.32. The lowest BCUT2D eigenvalue weighted by Crippen LogP contribution is -2.33. The molecule has 1 heterocycles. The van der Waals surface area contributed by atoms with Gasteiger partial charge in [-0.2, -0.15) is 0 Å². The highest BCUT2D eigenvalue weighted by Crippen LogP contribution is 2.05. The molecule has 1 amide bonds. The van der Waals surface area contributed by atoms with Crippen LogP contribution in [-0.4, -0.2) is 35.9 Å². The summed E-state index contributed by atoms with van der Waals surface area (Å²) in [6.07, 6.45) is 2.06. The number of carbonyl (C=O) groups excluding carboxylic acids is 1. The molecule has 4 nitrogen and oxygen atoms in total. The second-order valence-electron chi connectivity index (χ2n) is 3.55. The Morgan fingerprint density at radius 1 is 1.60 bits per heavy atom. The summed E-state index contributed by atoms with van der Waals surface area (Å²) in [7, 11) is 1.76. The summed E-state index contributed by atoms with van der Waals surface area (Å²) in [5.74, 6) is 0.0576. The summed E-state index contributed by atoms with van der Waals surface area (Å²) in [6, 6.07) is 3.82. The molecule has 0 aliphatic heterocycles. The zero-order valence-electron chi connectivity index (χ0n) is 9.23. The lowest BCUT2D eigenvalue weighted by molar-refractivity contribution is -0.129. The number of rotatable bonds is 4. The van der Waals surface area contributed by atoms with Crippen molar-refractivity contribution in [3.8, 4) is 0 Å². The molecule has 0 bridgehead atoms. The van der Waals surface area contributed by atoms with Gasteiger partial charge < -0.3 is 10.6 Å². The van der Waals surface area contributed by atoms with E-state index < -0.39 is 0 Å². The van der Waals surface area contributed by atoms with Crippen LogP contribution in [0.4, 0.5) is 0 Å². The van der Waals surface area contributed by atoms with Crippen LogP contribution in [-0.2, 0) is 11.2 Å². The standard InChI is InChI=1S/C11H17N3O/c1-9-4-3-6-13-10(9)8-11(15)14(2)7-5-12/h3-4,6H,5,7-8,12H2,1-2H3. The number of aromatic nitrogens is 1. The fourth-order valence-electron chi connectivity index (χ4n) is 1.30. The number of nitrogens with two attached hydrogens (primary N) is 1. The van der Waals surface area contributed by atoms with Crippen LogP contribution in [0.15, 0.2) is 18.3 Å². The van der Waals surface area contributed by atoms with Crippen LogP contribution in [0, 0.1) is 6.92 Å². The van der Waals surface area contributed by atoms with Crippen LogP contribution in [0.2, 0.25) is 0 Å². The van der Waals surface area contributed by atoms with Gasteiger partial charge in [0.2, 0.25) is 5.91 Å². The Morgan fingerprint density at radius 2 is 2.33 bits per heavy atom. The normalized spacial score (nSPS) is 10.1. The van der Waals surface area contributed by atoms with Crippen molar-refractivity contribution in [1.29, 1.82) is 0 Å². The molecule has 0 fully saturated rings. The maximum absolute atomic E-state index is 11.7. The quantitative estimate of drug-likeness (QED) is 0.775. The van der Waals surface area contributed by atoms with Gasteiger partial charge in [-0.15, -0.1) is 0 Å². The predicted molar refractivity (Wildman–Crippen MR) is 59.4 cm³/mol. The first-order chi connectivity index (χ1) is 7.15. The molecular formula is C11H17N3O. The average molecular weight is 207 g/mol. The Bertz CT molecular complexity index is 338. The van der Waals surface area contributed by atoms with E-state index in [1.165, 1.54) is 0 Å². The van der Waals surface area contributed by atoms with Crippen LogP contribution < -0.4 is 5.73 Å². The topological polar surface area (TPSA) is 59.2 Å². The summed E-state index contributed by atoms with van der Waals surface area (Å²) < 4.78 is 0. The van der Waals surface area contributed by atoms with Crippen molar-refractivity contribution in [3.63, 3.8) is 0 Å². The molecule has 0 spiro atoms. The zero-order chi connectivity index (χ0) is 11.3. The molecule has 0 saturated heterocycles. The van der Waals surface area contributed by atoms with Crippen molar-refractivity contribution >= 4 is 5.91 Å². The minimum Gasteiger partial charge on any atom is -0.344 e. The SMILES string of the molecule is Cc1cccnc1CC(=O)N(C)CCN. The monoisotopic (exact) mass is 207 g/mol. The fraction of sp³-hybridized carbons (Fsp3) is 0.455. The minimum atomic E-state index is 0.0576. The Balaban J connectivity index is 2.62. The average Bonchev–Trinajstić information content (AvgIpc) is 2.21. The molecule has 4 heteroatoms. The van der Waals surface area contributed by atoms with Gasteiger partial charge in [0.05, 0.1) is 12.1 Å². The van der Waals surface area contributed by atoms with Gasteiger partial charge >= 0.3 is 0 Å². The first kappa shape index (κ1) is 11.7. The predicted octanol–water partition coefficient (Wildman–Crippen LogP) is 0.350. The molecule has 0 radical (unpaired) electrons. The van der Waals surface area contributed by atoms with E-state index in [2.05, 4.69) is 4.98 Å². The van der Waals surface area contributed by atoms with Crippen molar-refractivity contribution in [1.82, 2.24) is 9.88 Å². The number of nitrogens with zero attached hydrogens (tertiary/aromatic N) is 2. The fourth-order valence-corrected chi connectivity index (χ4v) is 1.30. The van der Waals surface area contributed by atoms with E-state index in [1.54, 1.807) is 18.1 Å². The second-order valence-corrected chi connectivity index (χ2v) is 3.55. The van der Waals surface area contributed by atoms with E-state index in [9.17, 15) is 4.79 Å². The van der Waals surface area contributed by atoms with Gasteiger partial charge in [0, 0.05) is 26.3 Å². The van der Waals surface area contributed by atoms with E-state index in [4.69, 9.17) is 5.73 Å². The first-order valence-electron chi connectivity index (χ1n) is 4.99. The molecule has 0 atom stereocenters. The molecule has 0 saturated carbocycles. The van der Waals surface area contributed by atoms with Gasteiger partial charge in [-0.3, -0.25) is 9.78 Å². The number of likely N-dealkylation sites (N-methyl/N-ethyl adjacent to an activating group) is 1. The summed E-state index contributed by atoms with van der Waals surface area (Å²) in [6.45, 7) is 3.03. The van der Waals surface area contributed by atoms with Crippen LogP contribution in [0.25, 0.3) is 0 Å². The van der Waals surface area contributed by atoms with Gasteiger partial charge in [0.1, 0.15) is 0 Å². The molecule has 0 aliphatic rings. The molecule has 1 aromatic heterocycles. The van der Waals surface area contributed by atoms with Crippen molar-refractivity contribution in [2.75, 3.05) is 20.1 Å². The Labute approximate surface area is 90.1 Å². The second kappa shape index (κ2) is 5.46. The van der Waals surface area contributed by atoms with E-state index in [-0.39, 0.29) is 5.91 Å². The summed E-state index contributed by atoms with van der Waals surface area (Å²) >= 11 is 0. The number of pyridine rings is 1. The van der Waals surface area contributed by atoms with Gasteiger partial charge in [-0.05, 0) is 18.6 Å². The van der Waals surface area contributed by atoms with Crippen molar-refractivity contribution in [2.45, 2.75) is 13.3 Å². The molecule has 0 unspecified atom stereocenters. The molecule has 2 N–H and O–H groups in total. The molecule has 0 aromatic carbocycles. The van der Waals surface area contributed by atoms with Gasteiger partial charge in [-0.25, -0.2) is 0 Å². The smallest absolute Gasteiger partial charge is 0.228 e. The molecule has 15 heavy (non-hydrogen) atoms. The highest BCUT2D eigenvalue weighted by atomic mass is 16.2. The van der Waals surface area contributed by atoms with Crippen molar-refractivity contribution in [3.05, 3.63) is 29.6 Å². The lowest BCUT2D eigenvalue weighted by Gasteiger charge is -2.16. The third-order valence-electron chi connectivity index (χ3n) is 2.33. The van der Waals surface area contributed by atoms with E-state index in [0.717, 1.165) is 11.3 Å². The van der Waals surface area contributed by atoms with Crippen LogP contribution >= 0.6 is 0 Å². The lowest BCUT2D eigenvalue weighted by atomic mass is 10.1. The number of aryl methyl sites for hydroxylation is 1.